The summed E-state index contributed by atoms with van der Waals surface area (Å²) in [5, 5.41) is 18.6. The molecular weight excluding hydrogens is 458 g/mol. The van der Waals surface area contributed by atoms with Crippen molar-refractivity contribution in [2.45, 2.75) is 96.4 Å². The van der Waals surface area contributed by atoms with Gasteiger partial charge in [-0.3, -0.25) is 9.59 Å². The van der Waals surface area contributed by atoms with Crippen molar-refractivity contribution in [3.63, 3.8) is 0 Å². The van der Waals surface area contributed by atoms with Crippen molar-refractivity contribution in [3.8, 4) is 17.6 Å². The highest BCUT2D eigenvalue weighted by Crippen LogP contribution is 2.44. The van der Waals surface area contributed by atoms with E-state index in [4.69, 9.17) is 25.6 Å². The van der Waals surface area contributed by atoms with Crippen LogP contribution in [0.2, 0.25) is 0 Å². The number of hydrogen-bond acceptors (Lipinski definition) is 5. The van der Waals surface area contributed by atoms with Crippen molar-refractivity contribution in [2.75, 3.05) is 13.2 Å². The molecule has 8 heteroatoms. The first-order valence-electron chi connectivity index (χ1n) is 13.3. The number of rotatable bonds is 16. The van der Waals surface area contributed by atoms with E-state index in [2.05, 4.69) is 17.6 Å². The number of nitriles is 1. The highest BCUT2D eigenvalue weighted by molar-refractivity contribution is 5.97. The predicted molar refractivity (Wildman–Crippen MR) is 138 cm³/mol. The summed E-state index contributed by atoms with van der Waals surface area (Å²) < 4.78 is 14.5. The van der Waals surface area contributed by atoms with Crippen LogP contribution in [0, 0.1) is 11.3 Å². The smallest absolute Gasteiger partial charge is 0.303 e. The van der Waals surface area contributed by atoms with Crippen LogP contribution in [0.25, 0.3) is 10.9 Å². The van der Waals surface area contributed by atoms with Crippen LogP contribution in [-0.2, 0) is 22.6 Å². The highest BCUT2D eigenvalue weighted by Gasteiger charge is 2.32. The standard InChI is InChI=1S/C28H39N3O5/c1-2-16-36-24-19-20(35-17-10-13-25(32)33)18-22-26-21(28(30)34)11-9-12-23(26)31(27(22)24)15-8-6-4-3-5-7-14-29/h18-19,21H,2-13,15-17H2,1H3,(H2,30,34)(H,32,33)/t21-/m0/s1. The minimum absolute atomic E-state index is 0.0491. The topological polar surface area (TPSA) is 128 Å². The molecule has 3 N–H and O–H groups in total. The van der Waals surface area contributed by atoms with Crippen LogP contribution in [-0.4, -0.2) is 34.8 Å². The number of carboxylic acids is 1. The van der Waals surface area contributed by atoms with Gasteiger partial charge in [0.05, 0.1) is 30.7 Å². The lowest BCUT2D eigenvalue weighted by molar-refractivity contribution is -0.137. The van der Waals surface area contributed by atoms with Gasteiger partial charge in [0.25, 0.3) is 0 Å². The number of carboxylic acid groups (broad SMARTS) is 1. The molecule has 0 bridgehead atoms. The molecule has 1 heterocycles. The molecule has 1 aromatic heterocycles. The molecule has 0 saturated heterocycles. The number of ether oxygens (including phenoxy) is 2. The van der Waals surface area contributed by atoms with Gasteiger partial charge in [0.2, 0.25) is 5.91 Å². The summed E-state index contributed by atoms with van der Waals surface area (Å²) >= 11 is 0. The van der Waals surface area contributed by atoms with Gasteiger partial charge in [0, 0.05) is 36.5 Å². The van der Waals surface area contributed by atoms with Crippen LogP contribution >= 0.6 is 0 Å². The Morgan fingerprint density at radius 2 is 1.92 bits per heavy atom. The summed E-state index contributed by atoms with van der Waals surface area (Å²) in [6.45, 7) is 3.74. The van der Waals surface area contributed by atoms with E-state index in [0.717, 1.165) is 92.2 Å². The number of amides is 1. The number of unbranched alkanes of at least 4 members (excludes halogenated alkanes) is 5. The number of hydrogen-bond donors (Lipinski definition) is 2. The first-order valence-corrected chi connectivity index (χ1v) is 13.3. The summed E-state index contributed by atoms with van der Waals surface area (Å²) in [6.07, 6.45) is 9.66. The molecule has 8 nitrogen and oxygen atoms in total. The lowest BCUT2D eigenvalue weighted by atomic mass is 9.84. The van der Waals surface area contributed by atoms with Gasteiger partial charge in [-0.25, -0.2) is 0 Å². The molecule has 0 unspecified atom stereocenters. The second kappa shape index (κ2) is 13.8. The van der Waals surface area contributed by atoms with Crippen molar-refractivity contribution in [1.29, 1.82) is 5.26 Å². The van der Waals surface area contributed by atoms with E-state index >= 15 is 0 Å². The van der Waals surface area contributed by atoms with Gasteiger partial charge in [-0.2, -0.15) is 5.26 Å². The number of aryl methyl sites for hydroxylation is 1. The minimum Gasteiger partial charge on any atom is -0.493 e. The Morgan fingerprint density at radius 1 is 1.14 bits per heavy atom. The summed E-state index contributed by atoms with van der Waals surface area (Å²) in [7, 11) is 0. The molecule has 0 saturated carbocycles. The molecule has 0 fully saturated rings. The number of nitrogens with zero attached hydrogens (tertiary/aromatic N) is 2. The van der Waals surface area contributed by atoms with Crippen molar-refractivity contribution < 1.29 is 24.2 Å². The molecular formula is C28H39N3O5. The summed E-state index contributed by atoms with van der Waals surface area (Å²) in [5.74, 6) is -0.151. The van der Waals surface area contributed by atoms with Crippen LogP contribution in [0.4, 0.5) is 0 Å². The fraction of sp³-hybridized carbons (Fsp3) is 0.607. The van der Waals surface area contributed by atoms with Gasteiger partial charge >= 0.3 is 5.97 Å². The average Bonchev–Trinajstić information content (AvgIpc) is 3.18. The maximum atomic E-state index is 12.4. The van der Waals surface area contributed by atoms with Gasteiger partial charge in [0.15, 0.2) is 0 Å². The number of aliphatic carboxylic acids is 1. The van der Waals surface area contributed by atoms with E-state index in [1.54, 1.807) is 0 Å². The lowest BCUT2D eigenvalue weighted by Crippen LogP contribution is -2.25. The normalized spacial score (nSPS) is 14.8. The Kier molecular flexibility index (Phi) is 10.5. The molecule has 36 heavy (non-hydrogen) atoms. The first kappa shape index (κ1) is 27.4. The van der Waals surface area contributed by atoms with Gasteiger partial charge < -0.3 is 24.9 Å². The van der Waals surface area contributed by atoms with Gasteiger partial charge in [-0.05, 0) is 56.6 Å². The third kappa shape index (κ3) is 6.93. The monoisotopic (exact) mass is 497 g/mol. The molecule has 2 aromatic rings. The summed E-state index contributed by atoms with van der Waals surface area (Å²) in [6, 6.07) is 6.06. The van der Waals surface area contributed by atoms with E-state index in [1.807, 2.05) is 12.1 Å². The largest absolute Gasteiger partial charge is 0.493 e. The highest BCUT2D eigenvalue weighted by atomic mass is 16.5. The quantitative estimate of drug-likeness (QED) is 0.297. The van der Waals surface area contributed by atoms with Crippen LogP contribution in [0.1, 0.15) is 94.7 Å². The van der Waals surface area contributed by atoms with E-state index in [-0.39, 0.29) is 18.2 Å². The third-order valence-corrected chi connectivity index (χ3v) is 6.78. The Balaban J connectivity index is 1.96. The van der Waals surface area contributed by atoms with E-state index < -0.39 is 5.97 Å². The van der Waals surface area contributed by atoms with E-state index in [0.29, 0.717) is 31.8 Å². The minimum atomic E-state index is -0.846. The van der Waals surface area contributed by atoms with Gasteiger partial charge in [-0.15, -0.1) is 0 Å². The number of carbonyl (C=O) groups is 2. The van der Waals surface area contributed by atoms with Crippen molar-refractivity contribution in [3.05, 3.63) is 23.4 Å². The van der Waals surface area contributed by atoms with Crippen molar-refractivity contribution in [1.82, 2.24) is 4.57 Å². The molecule has 1 aliphatic rings. The average molecular weight is 498 g/mol. The van der Waals surface area contributed by atoms with Crippen molar-refractivity contribution in [2.24, 2.45) is 5.73 Å². The summed E-state index contributed by atoms with van der Waals surface area (Å²) in [4.78, 5) is 23.3. The zero-order chi connectivity index (χ0) is 25.9. The number of aromatic nitrogens is 1. The van der Waals surface area contributed by atoms with Gasteiger partial charge in [0.1, 0.15) is 11.5 Å². The molecule has 196 valence electrons. The summed E-state index contributed by atoms with van der Waals surface area (Å²) in [5.41, 5.74) is 9.00. The Labute approximate surface area is 213 Å². The fourth-order valence-electron chi connectivity index (χ4n) is 5.13. The van der Waals surface area contributed by atoms with Crippen LogP contribution in [0.15, 0.2) is 12.1 Å². The zero-order valence-electron chi connectivity index (χ0n) is 21.4. The van der Waals surface area contributed by atoms with Crippen molar-refractivity contribution >= 4 is 22.8 Å². The van der Waals surface area contributed by atoms with E-state index in [9.17, 15) is 9.59 Å². The zero-order valence-corrected chi connectivity index (χ0v) is 21.4. The van der Waals surface area contributed by atoms with Crippen LogP contribution in [0.5, 0.6) is 11.5 Å². The Hall–Kier alpha value is -3.21. The fourth-order valence-corrected chi connectivity index (χ4v) is 5.13. The number of fused-ring (bicyclic) bond motifs is 3. The van der Waals surface area contributed by atoms with Crippen LogP contribution in [0.3, 0.4) is 0 Å². The second-order valence-electron chi connectivity index (χ2n) is 9.55. The molecule has 0 spiro atoms. The molecule has 3 rings (SSSR count). The number of benzene rings is 1. The predicted octanol–water partition coefficient (Wildman–Crippen LogP) is 5.44. The first-order chi connectivity index (χ1) is 17.5. The number of carbonyl (C=O) groups excluding carboxylic acids is 1. The Bertz CT molecular complexity index is 1090. The maximum absolute atomic E-state index is 12.4. The van der Waals surface area contributed by atoms with E-state index in [1.165, 1.54) is 0 Å². The Morgan fingerprint density at radius 3 is 2.64 bits per heavy atom. The number of primary amides is 1. The number of nitrogens with two attached hydrogens (primary N) is 1. The maximum Gasteiger partial charge on any atom is 0.303 e. The molecule has 1 aromatic carbocycles. The van der Waals surface area contributed by atoms with Crippen LogP contribution < -0.4 is 15.2 Å². The molecule has 1 aliphatic carbocycles. The molecule has 1 atom stereocenters. The molecule has 0 radical (unpaired) electrons. The SMILES string of the molecule is CCCOc1cc(OCCCC(=O)O)cc2c3c(n(CCCCCCCC#N)c12)CCC[C@@H]3C(N)=O. The second-order valence-corrected chi connectivity index (χ2v) is 9.55. The lowest BCUT2D eigenvalue weighted by Gasteiger charge is -2.22. The molecule has 1 amide bonds. The molecule has 0 aliphatic heterocycles. The third-order valence-electron chi connectivity index (χ3n) is 6.78. The van der Waals surface area contributed by atoms with Gasteiger partial charge in [-0.1, -0.05) is 26.2 Å².